The van der Waals surface area contributed by atoms with Gasteiger partial charge in [-0.15, -0.1) is 0 Å². The zero-order valence-electron chi connectivity index (χ0n) is 12.9. The first-order chi connectivity index (χ1) is 10.9. The maximum Gasteiger partial charge on any atom is 0.328 e. The molecule has 2 aliphatic rings. The largest absolute Gasteiger partial charge is 0.480 e. The number of ether oxygens (including phenoxy) is 1. The molecule has 0 aromatic heterocycles. The number of nitrogens with zero attached hydrogens (tertiary/aromatic N) is 2. The van der Waals surface area contributed by atoms with Crippen molar-refractivity contribution in [2.45, 2.75) is 24.6 Å². The minimum absolute atomic E-state index is 0.0262. The van der Waals surface area contributed by atoms with Gasteiger partial charge in [0.1, 0.15) is 5.72 Å². The lowest BCUT2D eigenvalue weighted by molar-refractivity contribution is -0.143. The maximum absolute atomic E-state index is 13.0. The number of amides is 1. The number of benzene rings is 1. The molecule has 23 heavy (non-hydrogen) atoms. The number of hydrogen-bond acceptors (Lipinski definition) is 4. The van der Waals surface area contributed by atoms with Crippen molar-refractivity contribution < 1.29 is 19.4 Å². The topological polar surface area (TPSA) is 70.1 Å². The van der Waals surface area contributed by atoms with E-state index in [0.29, 0.717) is 23.4 Å². The van der Waals surface area contributed by atoms with Crippen LogP contribution in [-0.4, -0.2) is 65.3 Å². The number of likely N-dealkylation sites (tertiary alicyclic amines) is 1. The Kier molecular flexibility index (Phi) is 4.31. The summed E-state index contributed by atoms with van der Waals surface area (Å²) >= 11 is 5.86. The van der Waals surface area contributed by atoms with E-state index >= 15 is 0 Å². The van der Waals surface area contributed by atoms with Crippen LogP contribution >= 0.6 is 11.6 Å². The highest BCUT2D eigenvalue weighted by molar-refractivity contribution is 6.30. The van der Waals surface area contributed by atoms with Gasteiger partial charge in [0, 0.05) is 36.5 Å². The van der Waals surface area contributed by atoms with Crippen molar-refractivity contribution in [2.24, 2.45) is 0 Å². The summed E-state index contributed by atoms with van der Waals surface area (Å²) in [4.78, 5) is 28.1. The highest BCUT2D eigenvalue weighted by Gasteiger charge is 2.53. The van der Waals surface area contributed by atoms with E-state index in [0.717, 1.165) is 13.1 Å². The van der Waals surface area contributed by atoms with Crippen LogP contribution in [0.2, 0.25) is 5.02 Å². The fraction of sp³-hybridized carbons (Fsp3) is 0.500. The van der Waals surface area contributed by atoms with Crippen LogP contribution < -0.4 is 0 Å². The van der Waals surface area contributed by atoms with Crippen LogP contribution in [0.3, 0.4) is 0 Å². The summed E-state index contributed by atoms with van der Waals surface area (Å²) in [6.45, 7) is 1.55. The molecule has 7 heteroatoms. The van der Waals surface area contributed by atoms with E-state index in [2.05, 4.69) is 4.90 Å². The van der Waals surface area contributed by atoms with E-state index < -0.39 is 17.7 Å². The van der Waals surface area contributed by atoms with Crippen molar-refractivity contribution in [1.82, 2.24) is 9.80 Å². The number of hydrogen-bond donors (Lipinski definition) is 1. The van der Waals surface area contributed by atoms with Gasteiger partial charge >= 0.3 is 5.97 Å². The standard InChI is InChI=1S/C16H19ClN2O4/c1-18-8-6-16(7-9-18)19(13(10-23-16)15(21)22)14(20)11-2-4-12(17)5-3-11/h2-5,13H,6-10H2,1H3,(H,21,22). The average molecular weight is 339 g/mol. The Morgan fingerprint density at radius 1 is 1.26 bits per heavy atom. The molecule has 0 saturated carbocycles. The van der Waals surface area contributed by atoms with Crippen LogP contribution in [0.15, 0.2) is 24.3 Å². The molecule has 1 aromatic carbocycles. The third-order valence-corrected chi connectivity index (χ3v) is 4.88. The Morgan fingerprint density at radius 3 is 2.43 bits per heavy atom. The molecule has 0 radical (unpaired) electrons. The number of carbonyl (C=O) groups is 2. The van der Waals surface area contributed by atoms with Gasteiger partial charge in [-0.25, -0.2) is 4.79 Å². The Labute approximate surface area is 139 Å². The highest BCUT2D eigenvalue weighted by Crippen LogP contribution is 2.38. The van der Waals surface area contributed by atoms with Crippen LogP contribution in [0.1, 0.15) is 23.2 Å². The molecule has 6 nitrogen and oxygen atoms in total. The van der Waals surface area contributed by atoms with Gasteiger partial charge in [0.2, 0.25) is 0 Å². The van der Waals surface area contributed by atoms with Gasteiger partial charge in [0.15, 0.2) is 6.04 Å². The number of halogens is 1. The normalized spacial score (nSPS) is 24.1. The van der Waals surface area contributed by atoms with Crippen molar-refractivity contribution in [1.29, 1.82) is 0 Å². The third kappa shape index (κ3) is 2.94. The zero-order valence-corrected chi connectivity index (χ0v) is 13.6. The molecule has 0 aliphatic carbocycles. The number of rotatable bonds is 2. The number of aliphatic carboxylic acids is 1. The van der Waals surface area contributed by atoms with Crippen molar-refractivity contribution in [2.75, 3.05) is 26.7 Å². The molecular weight excluding hydrogens is 320 g/mol. The monoisotopic (exact) mass is 338 g/mol. The Balaban J connectivity index is 1.94. The quantitative estimate of drug-likeness (QED) is 0.888. The fourth-order valence-electron chi connectivity index (χ4n) is 3.26. The summed E-state index contributed by atoms with van der Waals surface area (Å²) < 4.78 is 5.85. The third-order valence-electron chi connectivity index (χ3n) is 4.62. The van der Waals surface area contributed by atoms with Crippen molar-refractivity contribution in [3.63, 3.8) is 0 Å². The fourth-order valence-corrected chi connectivity index (χ4v) is 3.38. The molecule has 2 aliphatic heterocycles. The van der Waals surface area contributed by atoms with Gasteiger partial charge in [0.05, 0.1) is 6.61 Å². The average Bonchev–Trinajstić information content (AvgIpc) is 2.90. The molecule has 1 N–H and O–H groups in total. The molecule has 1 unspecified atom stereocenters. The number of carboxylic acids is 1. The molecular formula is C16H19ClN2O4. The van der Waals surface area contributed by atoms with Gasteiger partial charge in [-0.1, -0.05) is 11.6 Å². The lowest BCUT2D eigenvalue weighted by Crippen LogP contribution is -2.57. The van der Waals surface area contributed by atoms with Crippen LogP contribution in [0.25, 0.3) is 0 Å². The van der Waals surface area contributed by atoms with Gasteiger partial charge in [-0.05, 0) is 31.3 Å². The second kappa shape index (κ2) is 6.11. The highest BCUT2D eigenvalue weighted by atomic mass is 35.5. The van der Waals surface area contributed by atoms with Crippen molar-refractivity contribution >= 4 is 23.5 Å². The Bertz CT molecular complexity index is 611. The smallest absolute Gasteiger partial charge is 0.328 e. The summed E-state index contributed by atoms with van der Waals surface area (Å²) in [7, 11) is 2.00. The molecule has 0 bridgehead atoms. The molecule has 1 aromatic rings. The van der Waals surface area contributed by atoms with Gasteiger partial charge < -0.3 is 14.7 Å². The molecule has 2 fully saturated rings. The van der Waals surface area contributed by atoms with Gasteiger partial charge in [0.25, 0.3) is 5.91 Å². The number of carboxylic acid groups (broad SMARTS) is 1. The van der Waals surface area contributed by atoms with Gasteiger partial charge in [-0.3, -0.25) is 9.69 Å². The zero-order chi connectivity index (χ0) is 16.6. The van der Waals surface area contributed by atoms with Crippen LogP contribution in [0.5, 0.6) is 0 Å². The molecule has 3 rings (SSSR count). The van der Waals surface area contributed by atoms with E-state index in [9.17, 15) is 14.7 Å². The van der Waals surface area contributed by atoms with Crippen molar-refractivity contribution in [3.8, 4) is 0 Å². The second-order valence-corrected chi connectivity index (χ2v) is 6.53. The van der Waals surface area contributed by atoms with Crippen LogP contribution in [0, 0.1) is 0 Å². The molecule has 124 valence electrons. The lowest BCUT2D eigenvalue weighted by Gasteiger charge is -2.43. The summed E-state index contributed by atoms with van der Waals surface area (Å²) in [6.07, 6.45) is 1.21. The van der Waals surface area contributed by atoms with E-state index in [4.69, 9.17) is 16.3 Å². The SMILES string of the molecule is CN1CCC2(CC1)OCC(C(=O)O)N2C(=O)c1ccc(Cl)cc1. The first-order valence-electron chi connectivity index (χ1n) is 7.57. The van der Waals surface area contributed by atoms with Crippen LogP contribution in [0.4, 0.5) is 0 Å². The summed E-state index contributed by atoms with van der Waals surface area (Å²) in [6, 6.07) is 5.53. The minimum atomic E-state index is -1.04. The van der Waals surface area contributed by atoms with E-state index in [1.54, 1.807) is 24.3 Å². The predicted molar refractivity (Wildman–Crippen MR) is 84.5 cm³/mol. The molecule has 2 saturated heterocycles. The molecule has 2 heterocycles. The summed E-state index contributed by atoms with van der Waals surface area (Å²) in [5.74, 6) is -1.36. The van der Waals surface area contributed by atoms with E-state index in [1.165, 1.54) is 4.90 Å². The van der Waals surface area contributed by atoms with E-state index in [1.807, 2.05) is 7.05 Å². The molecule has 1 amide bonds. The number of piperidine rings is 1. The second-order valence-electron chi connectivity index (χ2n) is 6.10. The molecule has 1 spiro atoms. The van der Waals surface area contributed by atoms with Crippen molar-refractivity contribution in [3.05, 3.63) is 34.9 Å². The first kappa shape index (κ1) is 16.2. The lowest BCUT2D eigenvalue weighted by atomic mass is 9.97. The minimum Gasteiger partial charge on any atom is -0.480 e. The van der Waals surface area contributed by atoms with Gasteiger partial charge in [-0.2, -0.15) is 0 Å². The predicted octanol–water partition coefficient (Wildman–Crippen LogP) is 1.69. The summed E-state index contributed by atoms with van der Waals surface area (Å²) in [5.41, 5.74) is -0.406. The molecule has 1 atom stereocenters. The van der Waals surface area contributed by atoms with E-state index in [-0.39, 0.29) is 12.5 Å². The maximum atomic E-state index is 13.0. The Hall–Kier alpha value is -1.63. The Morgan fingerprint density at radius 2 is 1.87 bits per heavy atom. The number of carbonyl (C=O) groups excluding carboxylic acids is 1. The summed E-state index contributed by atoms with van der Waals surface area (Å²) in [5, 5.41) is 10.0. The van der Waals surface area contributed by atoms with Crippen LogP contribution in [-0.2, 0) is 9.53 Å². The first-order valence-corrected chi connectivity index (χ1v) is 7.95.